The number of benzene rings is 1. The number of ether oxygens (including phenoxy) is 1. The first-order chi connectivity index (χ1) is 10.2. The Bertz CT molecular complexity index is 617. The third-order valence-corrected chi connectivity index (χ3v) is 3.75. The summed E-state index contributed by atoms with van der Waals surface area (Å²) in [6.45, 7) is 3.76. The van der Waals surface area contributed by atoms with E-state index >= 15 is 0 Å². The van der Waals surface area contributed by atoms with Crippen molar-refractivity contribution < 1.29 is 4.74 Å². The Balaban J connectivity index is 1.80. The first-order valence-electron chi connectivity index (χ1n) is 6.60. The van der Waals surface area contributed by atoms with Crippen LogP contribution < -0.4 is 10.5 Å². The van der Waals surface area contributed by atoms with Crippen LogP contribution >= 0.6 is 11.8 Å². The summed E-state index contributed by atoms with van der Waals surface area (Å²) in [7, 11) is 0. The minimum absolute atomic E-state index is 0.561. The molecule has 0 radical (unpaired) electrons. The molecule has 110 valence electrons. The van der Waals surface area contributed by atoms with E-state index in [1.54, 1.807) is 36.0 Å². The zero-order chi connectivity index (χ0) is 15.1. The van der Waals surface area contributed by atoms with E-state index in [4.69, 9.17) is 15.7 Å². The van der Waals surface area contributed by atoms with E-state index in [-0.39, 0.29) is 0 Å². The number of nitrogens with zero attached hydrogens (tertiary/aromatic N) is 4. The molecule has 0 amide bonds. The van der Waals surface area contributed by atoms with E-state index in [9.17, 15) is 0 Å². The van der Waals surface area contributed by atoms with Crippen molar-refractivity contribution in [3.8, 4) is 11.8 Å². The lowest BCUT2D eigenvalue weighted by molar-refractivity contribution is 0.344. The maximum atomic E-state index is 8.72. The molecule has 21 heavy (non-hydrogen) atoms. The second-order valence-corrected chi connectivity index (χ2v) is 5.37. The number of hydrogen-bond donors (Lipinski definition) is 1. The minimum atomic E-state index is 0.561. The molecule has 0 aliphatic heterocycles. The highest BCUT2D eigenvalue weighted by Gasteiger charge is 2.08. The van der Waals surface area contributed by atoms with Gasteiger partial charge in [-0.05, 0) is 31.2 Å². The molecule has 2 rings (SSSR count). The van der Waals surface area contributed by atoms with Crippen LogP contribution in [0.1, 0.15) is 11.4 Å². The molecule has 0 aliphatic rings. The Hall–Kier alpha value is -2.04. The van der Waals surface area contributed by atoms with Crippen molar-refractivity contribution in [2.45, 2.75) is 18.6 Å². The highest BCUT2D eigenvalue weighted by Crippen LogP contribution is 2.17. The summed E-state index contributed by atoms with van der Waals surface area (Å²) in [5.74, 6) is 2.40. The Morgan fingerprint density at radius 3 is 2.76 bits per heavy atom. The lowest BCUT2D eigenvalue weighted by Gasteiger charge is -2.07. The predicted molar refractivity (Wildman–Crippen MR) is 81.2 cm³/mol. The average molecular weight is 303 g/mol. The van der Waals surface area contributed by atoms with Gasteiger partial charge in [0.15, 0.2) is 5.16 Å². The first-order valence-corrected chi connectivity index (χ1v) is 7.59. The van der Waals surface area contributed by atoms with Crippen LogP contribution in [0, 0.1) is 18.3 Å². The second-order valence-electron chi connectivity index (χ2n) is 4.30. The van der Waals surface area contributed by atoms with Gasteiger partial charge in [-0.1, -0.05) is 11.8 Å². The maximum absolute atomic E-state index is 8.72. The minimum Gasteiger partial charge on any atom is -0.493 e. The van der Waals surface area contributed by atoms with Crippen molar-refractivity contribution in [2.75, 3.05) is 18.9 Å². The van der Waals surface area contributed by atoms with Gasteiger partial charge in [0.05, 0.1) is 18.2 Å². The van der Waals surface area contributed by atoms with Crippen molar-refractivity contribution in [2.24, 2.45) is 5.73 Å². The fraction of sp³-hybridized carbons (Fsp3) is 0.357. The quantitative estimate of drug-likeness (QED) is 0.617. The molecule has 1 aromatic heterocycles. The molecule has 2 N–H and O–H groups in total. The number of rotatable bonds is 7. The van der Waals surface area contributed by atoms with Crippen LogP contribution in [0.3, 0.4) is 0 Å². The number of hydrogen-bond acceptors (Lipinski definition) is 6. The Kier molecular flexibility index (Phi) is 5.60. The SMILES string of the molecule is Cc1nnc(SCCOc2ccc(C#N)cc2)n1CCN. The molecule has 7 heteroatoms. The molecule has 0 bridgehead atoms. The van der Waals surface area contributed by atoms with E-state index in [0.29, 0.717) is 18.7 Å². The van der Waals surface area contributed by atoms with Crippen molar-refractivity contribution in [1.29, 1.82) is 5.26 Å². The van der Waals surface area contributed by atoms with Gasteiger partial charge in [-0.3, -0.25) is 0 Å². The van der Waals surface area contributed by atoms with Crippen LogP contribution in [0.4, 0.5) is 0 Å². The van der Waals surface area contributed by atoms with Gasteiger partial charge < -0.3 is 15.0 Å². The van der Waals surface area contributed by atoms with Crippen LogP contribution in [0.15, 0.2) is 29.4 Å². The van der Waals surface area contributed by atoms with Gasteiger partial charge in [-0.15, -0.1) is 10.2 Å². The summed E-state index contributed by atoms with van der Waals surface area (Å²) >= 11 is 1.59. The normalized spacial score (nSPS) is 10.3. The molecule has 0 unspecified atom stereocenters. The fourth-order valence-electron chi connectivity index (χ4n) is 1.77. The van der Waals surface area contributed by atoms with E-state index in [2.05, 4.69) is 16.3 Å². The van der Waals surface area contributed by atoms with Crippen molar-refractivity contribution >= 4 is 11.8 Å². The van der Waals surface area contributed by atoms with E-state index in [1.165, 1.54) is 0 Å². The molecule has 0 spiro atoms. The third kappa shape index (κ3) is 4.21. The Labute approximate surface area is 127 Å². The molecule has 2 aromatic rings. The largest absolute Gasteiger partial charge is 0.493 e. The first kappa shape index (κ1) is 15.4. The Morgan fingerprint density at radius 1 is 1.33 bits per heavy atom. The summed E-state index contributed by atoms with van der Waals surface area (Å²) < 4.78 is 7.63. The van der Waals surface area contributed by atoms with Crippen LogP contribution in [-0.2, 0) is 6.54 Å². The van der Waals surface area contributed by atoms with Gasteiger partial charge in [0, 0.05) is 18.8 Å². The van der Waals surface area contributed by atoms with Crippen LogP contribution in [0.25, 0.3) is 0 Å². The van der Waals surface area contributed by atoms with E-state index in [1.807, 2.05) is 11.5 Å². The van der Waals surface area contributed by atoms with Gasteiger partial charge in [0.2, 0.25) is 0 Å². The molecular formula is C14H17N5OS. The average Bonchev–Trinajstić information content (AvgIpc) is 2.86. The van der Waals surface area contributed by atoms with Gasteiger partial charge in [0.25, 0.3) is 0 Å². The topological polar surface area (TPSA) is 89.8 Å². The standard InChI is InChI=1S/C14H17N5OS/c1-11-17-18-14(19(11)7-6-15)21-9-8-20-13-4-2-12(10-16)3-5-13/h2-5H,6-9,15H2,1H3. The lowest BCUT2D eigenvalue weighted by atomic mass is 10.2. The van der Waals surface area contributed by atoms with Crippen molar-refractivity contribution in [1.82, 2.24) is 14.8 Å². The number of aryl methyl sites for hydroxylation is 1. The number of thioether (sulfide) groups is 1. The highest BCUT2D eigenvalue weighted by atomic mass is 32.2. The van der Waals surface area contributed by atoms with Crippen molar-refractivity contribution in [3.05, 3.63) is 35.7 Å². The van der Waals surface area contributed by atoms with Crippen LogP contribution in [-0.4, -0.2) is 33.7 Å². The number of aromatic nitrogens is 3. The molecule has 0 atom stereocenters. The number of nitriles is 1. The van der Waals surface area contributed by atoms with Gasteiger partial charge in [-0.25, -0.2) is 0 Å². The zero-order valence-corrected chi connectivity index (χ0v) is 12.6. The monoisotopic (exact) mass is 303 g/mol. The molecule has 0 aliphatic carbocycles. The summed E-state index contributed by atoms with van der Waals surface area (Å²) in [6, 6.07) is 9.15. The molecule has 6 nitrogen and oxygen atoms in total. The van der Waals surface area contributed by atoms with E-state index < -0.39 is 0 Å². The molecule has 0 saturated carbocycles. The lowest BCUT2D eigenvalue weighted by Crippen LogP contribution is -2.12. The summed E-state index contributed by atoms with van der Waals surface area (Å²) in [5.41, 5.74) is 6.21. The zero-order valence-electron chi connectivity index (χ0n) is 11.8. The predicted octanol–water partition coefficient (Wildman–Crippen LogP) is 1.59. The summed E-state index contributed by atoms with van der Waals surface area (Å²) in [6.07, 6.45) is 0. The van der Waals surface area contributed by atoms with E-state index in [0.717, 1.165) is 29.0 Å². The van der Waals surface area contributed by atoms with Gasteiger partial charge in [-0.2, -0.15) is 5.26 Å². The molecule has 1 aromatic carbocycles. The van der Waals surface area contributed by atoms with Crippen LogP contribution in [0.5, 0.6) is 5.75 Å². The highest BCUT2D eigenvalue weighted by molar-refractivity contribution is 7.99. The molecule has 0 saturated heterocycles. The number of nitrogens with two attached hydrogens (primary N) is 1. The molecular weight excluding hydrogens is 286 g/mol. The Morgan fingerprint density at radius 2 is 2.10 bits per heavy atom. The maximum Gasteiger partial charge on any atom is 0.191 e. The third-order valence-electron chi connectivity index (χ3n) is 2.82. The molecule has 1 heterocycles. The molecule has 0 fully saturated rings. The van der Waals surface area contributed by atoms with Gasteiger partial charge >= 0.3 is 0 Å². The van der Waals surface area contributed by atoms with Gasteiger partial charge in [0.1, 0.15) is 11.6 Å². The summed E-state index contributed by atoms with van der Waals surface area (Å²) in [4.78, 5) is 0. The summed E-state index contributed by atoms with van der Waals surface area (Å²) in [5, 5.41) is 17.8. The fourth-order valence-corrected chi connectivity index (χ4v) is 2.60. The van der Waals surface area contributed by atoms with Crippen LogP contribution in [0.2, 0.25) is 0 Å². The smallest absolute Gasteiger partial charge is 0.191 e. The van der Waals surface area contributed by atoms with Crippen molar-refractivity contribution in [3.63, 3.8) is 0 Å². The second kappa shape index (κ2) is 7.67.